The van der Waals surface area contributed by atoms with Gasteiger partial charge in [-0.25, -0.2) is 0 Å². The van der Waals surface area contributed by atoms with Gasteiger partial charge in [0, 0.05) is 0 Å². The average molecular weight is 122 g/mol. The van der Waals surface area contributed by atoms with Gasteiger partial charge in [-0.3, -0.25) is 0 Å². The molecule has 0 aromatic heterocycles. The fourth-order valence-electron chi connectivity index (χ4n) is 0.429. The molecule has 0 spiro atoms. The van der Waals surface area contributed by atoms with Gasteiger partial charge < -0.3 is 0 Å². The summed E-state index contributed by atoms with van der Waals surface area (Å²) < 4.78 is 0. The van der Waals surface area contributed by atoms with E-state index in [4.69, 9.17) is 0 Å². The van der Waals surface area contributed by atoms with Gasteiger partial charge in [0.1, 0.15) is 0 Å². The van der Waals surface area contributed by atoms with E-state index in [2.05, 4.69) is 26.5 Å². The van der Waals surface area contributed by atoms with Crippen LogP contribution in [-0.2, 0) is 0 Å². The molecule has 50 valence electrons. The molecule has 0 aliphatic rings. The van der Waals surface area contributed by atoms with Crippen LogP contribution in [0, 0.1) is 5.92 Å². The van der Waals surface area contributed by atoms with Crippen molar-refractivity contribution in [1.82, 2.24) is 0 Å². The molecular weight excluding hydrogens is 108 g/mol. The van der Waals surface area contributed by atoms with Crippen LogP contribution < -0.4 is 0 Å². The molecule has 0 aromatic carbocycles. The van der Waals surface area contributed by atoms with Gasteiger partial charge in [-0.15, -0.1) is 0 Å². The van der Waals surface area contributed by atoms with Gasteiger partial charge in [0.15, 0.2) is 0 Å². The van der Waals surface area contributed by atoms with Gasteiger partial charge in [0.2, 0.25) is 0 Å². The molecule has 0 bridgehead atoms. The fraction of sp³-hybridized carbons (Fsp3) is 0.333. The number of hydrogen-bond donors (Lipinski definition) is 0. The Labute approximate surface area is 57.6 Å². The molecule has 0 amide bonds. The first-order chi connectivity index (χ1) is 4.27. The van der Waals surface area contributed by atoms with Crippen molar-refractivity contribution in [3.05, 3.63) is 37.0 Å². The first-order valence-electron chi connectivity index (χ1n) is 3.23. The van der Waals surface area contributed by atoms with E-state index in [1.54, 1.807) is 6.08 Å². The zero-order chi connectivity index (χ0) is 7.11. The second kappa shape index (κ2) is 5.36. The van der Waals surface area contributed by atoms with E-state index in [-0.39, 0.29) is 0 Å². The van der Waals surface area contributed by atoms with Crippen molar-refractivity contribution >= 4 is 0 Å². The summed E-state index contributed by atoms with van der Waals surface area (Å²) in [5.74, 6) is 0.638. The molecular formula is C9H14. The van der Waals surface area contributed by atoms with E-state index in [1.165, 1.54) is 0 Å². The molecule has 0 heteroatoms. The van der Waals surface area contributed by atoms with E-state index in [0.29, 0.717) is 5.92 Å². The predicted octanol–water partition coefficient (Wildman–Crippen LogP) is 2.94. The van der Waals surface area contributed by atoms with Crippen LogP contribution in [0.4, 0.5) is 0 Å². The highest BCUT2D eigenvalue weighted by atomic mass is 13.8. The Morgan fingerprint density at radius 2 is 1.78 bits per heavy atom. The lowest BCUT2D eigenvalue weighted by Crippen LogP contribution is -1.74. The summed E-state index contributed by atoms with van der Waals surface area (Å²) in [7, 11) is 0. The quantitative estimate of drug-likeness (QED) is 0.505. The first kappa shape index (κ1) is 8.22. The van der Waals surface area contributed by atoms with Crippen molar-refractivity contribution in [3.63, 3.8) is 0 Å². The molecule has 0 atom stereocenters. The minimum Gasteiger partial charge on any atom is -0.0991 e. The van der Waals surface area contributed by atoms with E-state index in [1.807, 2.05) is 18.2 Å². The van der Waals surface area contributed by atoms with Crippen molar-refractivity contribution in [3.8, 4) is 0 Å². The van der Waals surface area contributed by atoms with E-state index < -0.39 is 0 Å². The van der Waals surface area contributed by atoms with Gasteiger partial charge in [-0.1, -0.05) is 50.8 Å². The van der Waals surface area contributed by atoms with Crippen LogP contribution in [0.3, 0.4) is 0 Å². The molecule has 0 saturated carbocycles. The van der Waals surface area contributed by atoms with E-state index >= 15 is 0 Å². The number of hydrogen-bond acceptors (Lipinski definition) is 0. The minimum absolute atomic E-state index is 0.638. The second-order valence-electron chi connectivity index (χ2n) is 2.25. The summed E-state index contributed by atoms with van der Waals surface area (Å²) in [6, 6.07) is 0. The SMILES string of the molecule is C=C/C=C\C=C\C(C)C. The summed E-state index contributed by atoms with van der Waals surface area (Å²) in [4.78, 5) is 0. The second-order valence-corrected chi connectivity index (χ2v) is 2.25. The Bertz CT molecular complexity index is 116. The topological polar surface area (TPSA) is 0 Å². The highest BCUT2D eigenvalue weighted by Gasteiger charge is 1.78. The molecule has 0 saturated heterocycles. The molecule has 0 fully saturated rings. The predicted molar refractivity (Wildman–Crippen MR) is 43.3 cm³/mol. The third-order valence-corrected chi connectivity index (χ3v) is 0.854. The standard InChI is InChI=1S/C9H14/c1-4-5-6-7-8-9(2)3/h4-9H,1H2,2-3H3/b6-5-,8-7+. The van der Waals surface area contributed by atoms with Crippen molar-refractivity contribution in [2.45, 2.75) is 13.8 Å². The molecule has 0 aromatic rings. The third-order valence-electron chi connectivity index (χ3n) is 0.854. The van der Waals surface area contributed by atoms with Crippen molar-refractivity contribution < 1.29 is 0 Å². The highest BCUT2D eigenvalue weighted by molar-refractivity contribution is 5.09. The summed E-state index contributed by atoms with van der Waals surface area (Å²) in [5, 5.41) is 0. The molecule has 9 heavy (non-hydrogen) atoms. The monoisotopic (exact) mass is 122 g/mol. The number of allylic oxidation sites excluding steroid dienone is 5. The smallest absolute Gasteiger partial charge is 0.0287 e. The largest absolute Gasteiger partial charge is 0.0991 e. The van der Waals surface area contributed by atoms with Gasteiger partial charge in [-0.2, -0.15) is 0 Å². The minimum atomic E-state index is 0.638. The lowest BCUT2D eigenvalue weighted by atomic mass is 10.2. The maximum atomic E-state index is 3.56. The van der Waals surface area contributed by atoms with Gasteiger partial charge in [-0.05, 0) is 5.92 Å². The van der Waals surface area contributed by atoms with Gasteiger partial charge in [0.25, 0.3) is 0 Å². The van der Waals surface area contributed by atoms with Gasteiger partial charge in [0.05, 0.1) is 0 Å². The Morgan fingerprint density at radius 3 is 2.22 bits per heavy atom. The van der Waals surface area contributed by atoms with Crippen molar-refractivity contribution in [2.75, 3.05) is 0 Å². The Kier molecular flexibility index (Phi) is 4.89. The summed E-state index contributed by atoms with van der Waals surface area (Å²) in [5.41, 5.74) is 0. The van der Waals surface area contributed by atoms with Crippen LogP contribution in [0.15, 0.2) is 37.0 Å². The maximum Gasteiger partial charge on any atom is -0.0287 e. The Balaban J connectivity index is 3.46. The van der Waals surface area contributed by atoms with E-state index in [0.717, 1.165) is 0 Å². The molecule has 0 radical (unpaired) electrons. The molecule has 0 rings (SSSR count). The first-order valence-corrected chi connectivity index (χ1v) is 3.23. The molecule has 0 aliphatic heterocycles. The molecule has 0 unspecified atom stereocenters. The lowest BCUT2D eigenvalue weighted by molar-refractivity contribution is 0.832. The fourth-order valence-corrected chi connectivity index (χ4v) is 0.429. The van der Waals surface area contributed by atoms with E-state index in [9.17, 15) is 0 Å². The van der Waals surface area contributed by atoms with Crippen LogP contribution in [0.25, 0.3) is 0 Å². The Morgan fingerprint density at radius 1 is 1.11 bits per heavy atom. The molecule has 0 N–H and O–H groups in total. The zero-order valence-corrected chi connectivity index (χ0v) is 6.17. The van der Waals surface area contributed by atoms with Gasteiger partial charge >= 0.3 is 0 Å². The van der Waals surface area contributed by atoms with Crippen LogP contribution in [0.1, 0.15) is 13.8 Å². The summed E-state index contributed by atoms with van der Waals surface area (Å²) >= 11 is 0. The third kappa shape index (κ3) is 7.22. The summed E-state index contributed by atoms with van der Waals surface area (Å²) in [6.45, 7) is 7.86. The zero-order valence-electron chi connectivity index (χ0n) is 6.17. The van der Waals surface area contributed by atoms with Crippen molar-refractivity contribution in [1.29, 1.82) is 0 Å². The highest BCUT2D eigenvalue weighted by Crippen LogP contribution is 1.92. The molecule has 0 heterocycles. The molecule has 0 aliphatic carbocycles. The lowest BCUT2D eigenvalue weighted by Gasteiger charge is -1.88. The van der Waals surface area contributed by atoms with Crippen LogP contribution in [0.2, 0.25) is 0 Å². The summed E-state index contributed by atoms with van der Waals surface area (Å²) in [6.07, 6.45) is 9.84. The maximum absolute atomic E-state index is 3.56. The Hall–Kier alpha value is -0.780. The normalized spacial score (nSPS) is 11.9. The van der Waals surface area contributed by atoms with Crippen LogP contribution in [-0.4, -0.2) is 0 Å². The van der Waals surface area contributed by atoms with Crippen molar-refractivity contribution in [2.24, 2.45) is 5.92 Å². The average Bonchev–Trinajstić information content (AvgIpc) is 1.80. The van der Waals surface area contributed by atoms with Crippen LogP contribution >= 0.6 is 0 Å². The number of rotatable bonds is 3. The van der Waals surface area contributed by atoms with Crippen LogP contribution in [0.5, 0.6) is 0 Å². The molecule has 0 nitrogen and oxygen atoms in total.